The van der Waals surface area contributed by atoms with E-state index >= 15 is 0 Å². The number of rotatable bonds is 4. The van der Waals surface area contributed by atoms with Crippen LogP contribution < -0.4 is 10.6 Å². The molecule has 2 amide bonds. The summed E-state index contributed by atoms with van der Waals surface area (Å²) in [5, 5.41) is 5.93. The Hall–Kier alpha value is -2.11. The first kappa shape index (κ1) is 15.8. The zero-order valence-electron chi connectivity index (χ0n) is 12.0. The van der Waals surface area contributed by atoms with Crippen molar-refractivity contribution >= 4 is 46.4 Å². The standard InChI is InChI=1S/C16H13Cl2N3O2/c17-13-7-10(8-19-14(13)18)16(23)21-12-5-3-11(4-6-12)20-15(22)9-1-2-9/h3-9H,1-2H2,(H,20,22)(H,21,23). The molecule has 2 N–H and O–H groups in total. The average Bonchev–Trinajstić information content (AvgIpc) is 3.36. The summed E-state index contributed by atoms with van der Waals surface area (Å²) in [6.45, 7) is 0. The van der Waals surface area contributed by atoms with Gasteiger partial charge in [-0.15, -0.1) is 0 Å². The molecule has 0 bridgehead atoms. The summed E-state index contributed by atoms with van der Waals surface area (Å²) >= 11 is 11.6. The molecule has 0 spiro atoms. The van der Waals surface area contributed by atoms with Crippen molar-refractivity contribution in [3.8, 4) is 0 Å². The van der Waals surface area contributed by atoms with E-state index in [2.05, 4.69) is 15.6 Å². The zero-order chi connectivity index (χ0) is 16.4. The van der Waals surface area contributed by atoms with E-state index in [9.17, 15) is 9.59 Å². The summed E-state index contributed by atoms with van der Waals surface area (Å²) in [7, 11) is 0. The molecule has 2 aromatic rings. The minimum atomic E-state index is -0.342. The predicted octanol–water partition coefficient (Wildman–Crippen LogP) is 3.99. The Bertz CT molecular complexity index is 758. The Balaban J connectivity index is 1.63. The Morgan fingerprint density at radius 3 is 2.22 bits per heavy atom. The Morgan fingerprint density at radius 1 is 1.04 bits per heavy atom. The first-order valence-corrected chi connectivity index (χ1v) is 7.82. The molecule has 3 rings (SSSR count). The highest BCUT2D eigenvalue weighted by molar-refractivity contribution is 6.41. The number of hydrogen-bond acceptors (Lipinski definition) is 3. The fourth-order valence-corrected chi connectivity index (χ4v) is 2.25. The van der Waals surface area contributed by atoms with Crippen molar-refractivity contribution in [3.05, 3.63) is 52.3 Å². The highest BCUT2D eigenvalue weighted by Crippen LogP contribution is 2.30. The van der Waals surface area contributed by atoms with Gasteiger partial charge in [-0.2, -0.15) is 0 Å². The van der Waals surface area contributed by atoms with E-state index in [0.29, 0.717) is 16.9 Å². The van der Waals surface area contributed by atoms with Gasteiger partial charge in [0.25, 0.3) is 5.91 Å². The number of pyridine rings is 1. The number of hydrogen-bond donors (Lipinski definition) is 2. The van der Waals surface area contributed by atoms with Crippen LogP contribution in [0.2, 0.25) is 10.2 Å². The molecular formula is C16H13Cl2N3O2. The van der Waals surface area contributed by atoms with Gasteiger partial charge in [0.1, 0.15) is 5.15 Å². The predicted molar refractivity (Wildman–Crippen MR) is 90.0 cm³/mol. The number of amides is 2. The maximum atomic E-state index is 12.1. The third kappa shape index (κ3) is 4.00. The number of nitrogens with one attached hydrogen (secondary N) is 2. The van der Waals surface area contributed by atoms with Crippen molar-refractivity contribution < 1.29 is 9.59 Å². The lowest BCUT2D eigenvalue weighted by atomic mass is 10.2. The van der Waals surface area contributed by atoms with Crippen molar-refractivity contribution in [1.82, 2.24) is 4.98 Å². The van der Waals surface area contributed by atoms with E-state index in [4.69, 9.17) is 23.2 Å². The van der Waals surface area contributed by atoms with E-state index in [-0.39, 0.29) is 27.9 Å². The van der Waals surface area contributed by atoms with Crippen molar-refractivity contribution in [3.63, 3.8) is 0 Å². The van der Waals surface area contributed by atoms with Gasteiger partial charge in [0.15, 0.2) is 0 Å². The highest BCUT2D eigenvalue weighted by Gasteiger charge is 2.29. The second-order valence-electron chi connectivity index (χ2n) is 5.29. The lowest BCUT2D eigenvalue weighted by molar-refractivity contribution is -0.117. The number of anilines is 2. The molecule has 1 heterocycles. The van der Waals surface area contributed by atoms with Crippen LogP contribution in [-0.2, 0) is 4.79 Å². The number of aromatic nitrogens is 1. The molecular weight excluding hydrogens is 337 g/mol. The highest BCUT2D eigenvalue weighted by atomic mass is 35.5. The maximum Gasteiger partial charge on any atom is 0.257 e. The Morgan fingerprint density at radius 2 is 1.65 bits per heavy atom. The molecule has 1 aromatic heterocycles. The fraction of sp³-hybridized carbons (Fsp3) is 0.188. The molecule has 7 heteroatoms. The largest absolute Gasteiger partial charge is 0.326 e. The first-order chi connectivity index (χ1) is 11.0. The smallest absolute Gasteiger partial charge is 0.257 e. The number of halogens is 2. The second kappa shape index (κ2) is 6.56. The van der Waals surface area contributed by atoms with E-state index in [1.54, 1.807) is 24.3 Å². The molecule has 0 unspecified atom stereocenters. The van der Waals surface area contributed by atoms with Crippen molar-refractivity contribution in [2.75, 3.05) is 10.6 Å². The van der Waals surface area contributed by atoms with Crippen molar-refractivity contribution in [2.45, 2.75) is 12.8 Å². The van der Waals surface area contributed by atoms with Gasteiger partial charge in [-0.3, -0.25) is 9.59 Å². The van der Waals surface area contributed by atoms with E-state index in [1.807, 2.05) is 0 Å². The molecule has 1 fully saturated rings. The van der Waals surface area contributed by atoms with Crippen LogP contribution in [0.1, 0.15) is 23.2 Å². The minimum absolute atomic E-state index is 0.0451. The lowest BCUT2D eigenvalue weighted by Crippen LogP contribution is -2.14. The summed E-state index contributed by atoms with van der Waals surface area (Å²) < 4.78 is 0. The molecule has 0 atom stereocenters. The molecule has 1 saturated carbocycles. The molecule has 5 nitrogen and oxygen atoms in total. The summed E-state index contributed by atoms with van der Waals surface area (Å²) in [4.78, 5) is 27.6. The normalized spacial score (nSPS) is 13.5. The van der Waals surface area contributed by atoms with Gasteiger partial charge in [-0.05, 0) is 43.2 Å². The van der Waals surface area contributed by atoms with Crippen molar-refractivity contribution in [1.29, 1.82) is 0 Å². The van der Waals surface area contributed by atoms with Crippen LogP contribution in [0.25, 0.3) is 0 Å². The summed E-state index contributed by atoms with van der Waals surface area (Å²) in [5.41, 5.74) is 1.62. The van der Waals surface area contributed by atoms with Gasteiger partial charge in [-0.1, -0.05) is 23.2 Å². The number of carbonyl (C=O) groups excluding carboxylic acids is 2. The fourth-order valence-electron chi connectivity index (χ4n) is 1.98. The summed E-state index contributed by atoms with van der Waals surface area (Å²) in [6, 6.07) is 8.36. The van der Waals surface area contributed by atoms with Crippen LogP contribution in [0.15, 0.2) is 36.5 Å². The molecule has 0 aliphatic heterocycles. The molecule has 23 heavy (non-hydrogen) atoms. The molecule has 0 saturated heterocycles. The van der Waals surface area contributed by atoms with Crippen LogP contribution in [0, 0.1) is 5.92 Å². The molecule has 1 aliphatic carbocycles. The van der Waals surface area contributed by atoms with E-state index < -0.39 is 0 Å². The second-order valence-corrected chi connectivity index (χ2v) is 6.06. The first-order valence-electron chi connectivity index (χ1n) is 7.06. The molecule has 0 radical (unpaired) electrons. The van der Waals surface area contributed by atoms with Gasteiger partial charge >= 0.3 is 0 Å². The van der Waals surface area contributed by atoms with Crippen LogP contribution in [0.3, 0.4) is 0 Å². The number of carbonyl (C=O) groups is 2. The van der Waals surface area contributed by atoms with Gasteiger partial charge in [0.05, 0.1) is 10.6 Å². The maximum absolute atomic E-state index is 12.1. The molecule has 1 aromatic carbocycles. The molecule has 118 valence electrons. The van der Waals surface area contributed by atoms with Crippen LogP contribution >= 0.6 is 23.2 Å². The van der Waals surface area contributed by atoms with Gasteiger partial charge < -0.3 is 10.6 Å². The lowest BCUT2D eigenvalue weighted by Gasteiger charge is -2.08. The summed E-state index contributed by atoms with van der Waals surface area (Å²) in [6.07, 6.45) is 3.27. The van der Waals surface area contributed by atoms with Crippen LogP contribution in [0.4, 0.5) is 11.4 Å². The van der Waals surface area contributed by atoms with E-state index in [0.717, 1.165) is 12.8 Å². The third-order valence-corrected chi connectivity index (χ3v) is 4.10. The monoisotopic (exact) mass is 349 g/mol. The van der Waals surface area contributed by atoms with Crippen molar-refractivity contribution in [2.24, 2.45) is 5.92 Å². The molecule has 1 aliphatic rings. The average molecular weight is 350 g/mol. The van der Waals surface area contributed by atoms with Crippen LogP contribution in [-0.4, -0.2) is 16.8 Å². The van der Waals surface area contributed by atoms with Gasteiger partial charge in [0.2, 0.25) is 5.91 Å². The Labute approximate surface area is 143 Å². The van der Waals surface area contributed by atoms with Gasteiger partial charge in [0, 0.05) is 23.5 Å². The topological polar surface area (TPSA) is 71.1 Å². The third-order valence-electron chi connectivity index (χ3n) is 3.42. The quantitative estimate of drug-likeness (QED) is 0.819. The zero-order valence-corrected chi connectivity index (χ0v) is 13.5. The van der Waals surface area contributed by atoms with Crippen LogP contribution in [0.5, 0.6) is 0 Å². The minimum Gasteiger partial charge on any atom is -0.326 e. The van der Waals surface area contributed by atoms with E-state index in [1.165, 1.54) is 12.3 Å². The number of benzene rings is 1. The Kier molecular flexibility index (Phi) is 4.50. The van der Waals surface area contributed by atoms with Gasteiger partial charge in [-0.25, -0.2) is 4.98 Å². The SMILES string of the molecule is O=C(Nc1ccc(NC(=O)C2CC2)cc1)c1cnc(Cl)c(Cl)c1. The summed E-state index contributed by atoms with van der Waals surface area (Å²) in [5.74, 6) is -0.147. The number of nitrogens with zero attached hydrogens (tertiary/aromatic N) is 1.